The fraction of sp³-hybridized carbons (Fsp3) is 0.250. The minimum Gasteiger partial charge on any atom is -0.457 e. The first-order chi connectivity index (χ1) is 16.8. The summed E-state index contributed by atoms with van der Waals surface area (Å²) in [7, 11) is -3.60. The van der Waals surface area contributed by atoms with Crippen LogP contribution < -0.4 is 4.74 Å². The van der Waals surface area contributed by atoms with Gasteiger partial charge in [0.05, 0.1) is 9.79 Å². The predicted octanol–water partition coefficient (Wildman–Crippen LogP) is 8.57. The Balaban J connectivity index is 1.46. The van der Waals surface area contributed by atoms with Gasteiger partial charge in [-0.25, -0.2) is 8.42 Å². The van der Waals surface area contributed by atoms with Crippen molar-refractivity contribution in [2.24, 2.45) is 0 Å². The summed E-state index contributed by atoms with van der Waals surface area (Å²) in [4.78, 5) is 0.530. The molecule has 0 saturated carbocycles. The highest BCUT2D eigenvalue weighted by Gasteiger charge is 2.20. The molecule has 4 aromatic carbocycles. The van der Waals surface area contributed by atoms with E-state index in [4.69, 9.17) is 4.74 Å². The smallest absolute Gasteiger partial charge is 0.206 e. The van der Waals surface area contributed by atoms with E-state index in [0.717, 1.165) is 16.7 Å². The van der Waals surface area contributed by atoms with E-state index < -0.39 is 9.84 Å². The molecule has 0 atom stereocenters. The molecule has 3 nitrogen and oxygen atoms in total. The second-order valence-corrected chi connectivity index (χ2v) is 13.2. The van der Waals surface area contributed by atoms with Gasteiger partial charge in [-0.05, 0) is 81.6 Å². The Morgan fingerprint density at radius 3 is 1.17 bits per heavy atom. The quantitative estimate of drug-likeness (QED) is 0.277. The van der Waals surface area contributed by atoms with Gasteiger partial charge in [0.2, 0.25) is 9.84 Å². The van der Waals surface area contributed by atoms with Crippen molar-refractivity contribution < 1.29 is 13.2 Å². The summed E-state index contributed by atoms with van der Waals surface area (Å²) in [5, 5.41) is 0. The number of ether oxygens (including phenoxy) is 1. The summed E-state index contributed by atoms with van der Waals surface area (Å²) in [5.74, 6) is 1.28. The van der Waals surface area contributed by atoms with Gasteiger partial charge in [-0.15, -0.1) is 0 Å². The van der Waals surface area contributed by atoms with Crippen LogP contribution in [-0.4, -0.2) is 8.42 Å². The van der Waals surface area contributed by atoms with Crippen molar-refractivity contribution in [2.75, 3.05) is 0 Å². The lowest BCUT2D eigenvalue weighted by molar-refractivity contribution is 0.482. The molecule has 0 amide bonds. The van der Waals surface area contributed by atoms with E-state index in [-0.39, 0.29) is 20.6 Å². The number of rotatable bonds is 5. The van der Waals surface area contributed by atoms with Crippen LogP contribution >= 0.6 is 0 Å². The number of hydrogen-bond acceptors (Lipinski definition) is 3. The van der Waals surface area contributed by atoms with Crippen molar-refractivity contribution in [2.45, 2.75) is 62.2 Å². The van der Waals surface area contributed by atoms with E-state index in [1.54, 1.807) is 36.4 Å². The third-order valence-corrected chi connectivity index (χ3v) is 8.12. The van der Waals surface area contributed by atoms with E-state index in [9.17, 15) is 8.42 Å². The standard InChI is InChI=1S/C32H34O3S/c1-31(2,3)25-11-7-23(8-12-25)24-9-15-27(16-10-24)35-28-17-21-30(22-18-28)36(33,34)29-19-13-26(14-20-29)32(4,5)6/h7-22H,1-6H3. The Kier molecular flexibility index (Phi) is 6.85. The lowest BCUT2D eigenvalue weighted by Gasteiger charge is -2.19. The average Bonchev–Trinajstić information content (AvgIpc) is 2.84. The maximum Gasteiger partial charge on any atom is 0.206 e. The maximum absolute atomic E-state index is 13.1. The first-order valence-corrected chi connectivity index (χ1v) is 13.7. The van der Waals surface area contributed by atoms with Crippen LogP contribution in [0.2, 0.25) is 0 Å². The summed E-state index contributed by atoms with van der Waals surface area (Å²) in [6.07, 6.45) is 0. The molecule has 0 heterocycles. The fourth-order valence-electron chi connectivity index (χ4n) is 3.97. The second kappa shape index (κ2) is 9.59. The van der Waals surface area contributed by atoms with Crippen molar-refractivity contribution in [3.63, 3.8) is 0 Å². The van der Waals surface area contributed by atoms with E-state index in [2.05, 4.69) is 65.8 Å². The van der Waals surface area contributed by atoms with Gasteiger partial charge in [-0.2, -0.15) is 0 Å². The van der Waals surface area contributed by atoms with Crippen molar-refractivity contribution in [3.05, 3.63) is 108 Å². The molecule has 0 unspecified atom stereocenters. The summed E-state index contributed by atoms with van der Waals surface area (Å²) in [6, 6.07) is 30.2. The van der Waals surface area contributed by atoms with E-state index in [1.165, 1.54) is 5.56 Å². The SMILES string of the molecule is CC(C)(C)c1ccc(-c2ccc(Oc3ccc(S(=O)(=O)c4ccc(C(C)(C)C)cc4)cc3)cc2)cc1. The van der Waals surface area contributed by atoms with E-state index in [1.807, 2.05) is 36.4 Å². The van der Waals surface area contributed by atoms with E-state index >= 15 is 0 Å². The van der Waals surface area contributed by atoms with Crippen molar-refractivity contribution in [1.29, 1.82) is 0 Å². The Labute approximate surface area is 215 Å². The molecule has 0 bridgehead atoms. The molecule has 0 aliphatic heterocycles. The highest BCUT2D eigenvalue weighted by atomic mass is 32.2. The molecule has 0 saturated heterocycles. The summed E-state index contributed by atoms with van der Waals surface area (Å²) < 4.78 is 32.1. The molecule has 0 aliphatic carbocycles. The molecule has 0 spiro atoms. The third-order valence-electron chi connectivity index (χ3n) is 6.34. The Bertz CT molecular complexity index is 1420. The zero-order valence-electron chi connectivity index (χ0n) is 21.9. The molecule has 0 aromatic heterocycles. The van der Waals surface area contributed by atoms with Gasteiger partial charge in [0.15, 0.2) is 0 Å². The van der Waals surface area contributed by atoms with Gasteiger partial charge < -0.3 is 4.74 Å². The zero-order chi connectivity index (χ0) is 26.1. The van der Waals surface area contributed by atoms with Gasteiger partial charge in [-0.3, -0.25) is 0 Å². The Morgan fingerprint density at radius 1 is 0.472 bits per heavy atom. The molecule has 4 rings (SSSR count). The van der Waals surface area contributed by atoms with Crippen LogP contribution in [0.25, 0.3) is 11.1 Å². The first kappa shape index (κ1) is 25.7. The Morgan fingerprint density at radius 2 is 0.778 bits per heavy atom. The van der Waals surface area contributed by atoms with Crippen molar-refractivity contribution in [3.8, 4) is 22.6 Å². The summed E-state index contributed by atoms with van der Waals surface area (Å²) >= 11 is 0. The predicted molar refractivity (Wildman–Crippen MR) is 148 cm³/mol. The highest BCUT2D eigenvalue weighted by molar-refractivity contribution is 7.91. The zero-order valence-corrected chi connectivity index (χ0v) is 22.7. The van der Waals surface area contributed by atoms with Crippen molar-refractivity contribution >= 4 is 9.84 Å². The normalized spacial score (nSPS) is 12.4. The molecule has 0 aliphatic rings. The monoisotopic (exact) mass is 498 g/mol. The van der Waals surface area contributed by atoms with Crippen molar-refractivity contribution in [1.82, 2.24) is 0 Å². The minimum atomic E-state index is -3.60. The highest BCUT2D eigenvalue weighted by Crippen LogP contribution is 2.30. The van der Waals surface area contributed by atoms with Gasteiger partial charge in [0, 0.05) is 0 Å². The van der Waals surface area contributed by atoms with Crippen LogP contribution in [0.4, 0.5) is 0 Å². The molecule has 0 radical (unpaired) electrons. The van der Waals surface area contributed by atoms with Crippen LogP contribution in [0, 0.1) is 0 Å². The molecular formula is C32H34O3S. The third kappa shape index (κ3) is 5.71. The van der Waals surface area contributed by atoms with Crippen LogP contribution in [-0.2, 0) is 20.7 Å². The summed E-state index contributed by atoms with van der Waals surface area (Å²) in [6.45, 7) is 12.9. The van der Waals surface area contributed by atoms with Crippen LogP contribution in [0.5, 0.6) is 11.5 Å². The van der Waals surface area contributed by atoms with E-state index in [0.29, 0.717) is 11.5 Å². The van der Waals surface area contributed by atoms with Crippen LogP contribution in [0.1, 0.15) is 52.7 Å². The molecular weight excluding hydrogens is 464 g/mol. The summed E-state index contributed by atoms with van der Waals surface area (Å²) in [5.41, 5.74) is 4.76. The molecule has 186 valence electrons. The largest absolute Gasteiger partial charge is 0.457 e. The van der Waals surface area contributed by atoms with Crippen LogP contribution in [0.3, 0.4) is 0 Å². The molecule has 4 aromatic rings. The molecule has 0 fully saturated rings. The molecule has 4 heteroatoms. The minimum absolute atomic E-state index is 0.0314. The Hall–Kier alpha value is -3.37. The number of benzene rings is 4. The lowest BCUT2D eigenvalue weighted by atomic mass is 9.86. The number of hydrogen-bond donors (Lipinski definition) is 0. The number of sulfone groups is 1. The van der Waals surface area contributed by atoms with Gasteiger partial charge in [0.1, 0.15) is 11.5 Å². The fourth-order valence-corrected chi connectivity index (χ4v) is 5.23. The second-order valence-electron chi connectivity index (χ2n) is 11.2. The molecule has 36 heavy (non-hydrogen) atoms. The van der Waals surface area contributed by atoms with Gasteiger partial charge in [-0.1, -0.05) is 90.1 Å². The topological polar surface area (TPSA) is 43.4 Å². The van der Waals surface area contributed by atoms with Gasteiger partial charge >= 0.3 is 0 Å². The maximum atomic E-state index is 13.1. The molecule has 0 N–H and O–H groups in total. The van der Waals surface area contributed by atoms with Crippen LogP contribution in [0.15, 0.2) is 107 Å². The van der Waals surface area contributed by atoms with Gasteiger partial charge in [0.25, 0.3) is 0 Å². The average molecular weight is 499 g/mol. The lowest BCUT2D eigenvalue weighted by Crippen LogP contribution is -2.11. The first-order valence-electron chi connectivity index (χ1n) is 12.2.